The van der Waals surface area contributed by atoms with E-state index in [0.29, 0.717) is 19.3 Å². The topological polar surface area (TPSA) is 38.0 Å². The summed E-state index contributed by atoms with van der Waals surface area (Å²) in [5.74, 6) is 0.0786. The summed E-state index contributed by atoms with van der Waals surface area (Å²) in [6, 6.07) is 4.96. The van der Waals surface area contributed by atoms with Gasteiger partial charge in [0.2, 0.25) is 11.6 Å². The first kappa shape index (κ1) is 12.0. The minimum atomic E-state index is -0.565. The van der Waals surface area contributed by atoms with E-state index in [9.17, 15) is 9.59 Å². The number of halogens is 1. The first-order valence-corrected chi connectivity index (χ1v) is 4.80. The molecule has 0 atom stereocenters. The van der Waals surface area contributed by atoms with Gasteiger partial charge in [-0.25, -0.2) is 0 Å². The van der Waals surface area contributed by atoms with Gasteiger partial charge < -0.3 is 17.0 Å². The van der Waals surface area contributed by atoms with Crippen LogP contribution >= 0.6 is 0 Å². The summed E-state index contributed by atoms with van der Waals surface area (Å²) in [6.07, 6.45) is 5.30. The Morgan fingerprint density at radius 3 is 2.07 bits per heavy atom. The van der Waals surface area contributed by atoms with Crippen molar-refractivity contribution >= 4 is 11.6 Å². The number of Topliss-reactive ketones (excluding diaryl/α,β-unsaturated/α-hetero) is 2. The summed E-state index contributed by atoms with van der Waals surface area (Å²) < 4.78 is 1.70. The molecule has 1 aromatic rings. The van der Waals surface area contributed by atoms with Gasteiger partial charge in [-0.15, -0.1) is 0 Å². The van der Waals surface area contributed by atoms with Crippen molar-refractivity contribution in [1.29, 1.82) is 0 Å². The lowest BCUT2D eigenvalue weighted by molar-refractivity contribution is -0.696. The van der Waals surface area contributed by atoms with E-state index in [0.717, 1.165) is 0 Å². The molecule has 1 heterocycles. The Morgan fingerprint density at radius 1 is 1.00 bits per heavy atom. The van der Waals surface area contributed by atoms with Gasteiger partial charge in [-0.2, -0.15) is 4.57 Å². The number of nitrogens with zero attached hydrogens (tertiary/aromatic N) is 1. The number of hydrogen-bond acceptors (Lipinski definition) is 2. The average molecular weight is 270 g/mol. The molecule has 1 aliphatic carbocycles. The van der Waals surface area contributed by atoms with Crippen LogP contribution in [0.5, 0.6) is 0 Å². The SMILES string of the molecule is O=C1CCCC(=O)C1[n+]1ccccc1.[Br-]. The van der Waals surface area contributed by atoms with E-state index in [2.05, 4.69) is 0 Å². The molecule has 0 aliphatic heterocycles. The fourth-order valence-electron chi connectivity index (χ4n) is 1.81. The molecule has 1 aliphatic rings. The van der Waals surface area contributed by atoms with Crippen LogP contribution in [0.1, 0.15) is 25.3 Å². The molecular weight excluding hydrogens is 258 g/mol. The number of hydrogen-bond donors (Lipinski definition) is 0. The monoisotopic (exact) mass is 269 g/mol. The Bertz CT molecular complexity index is 348. The molecule has 1 saturated carbocycles. The smallest absolute Gasteiger partial charge is 0.273 e. The van der Waals surface area contributed by atoms with Crippen LogP contribution in [0.25, 0.3) is 0 Å². The zero-order valence-corrected chi connectivity index (χ0v) is 9.81. The second-order valence-corrected chi connectivity index (χ2v) is 3.51. The first-order valence-electron chi connectivity index (χ1n) is 4.80. The highest BCUT2D eigenvalue weighted by Crippen LogP contribution is 2.16. The van der Waals surface area contributed by atoms with Gasteiger partial charge in [0, 0.05) is 25.0 Å². The van der Waals surface area contributed by atoms with E-state index >= 15 is 0 Å². The zero-order valence-electron chi connectivity index (χ0n) is 8.23. The maximum atomic E-state index is 11.6. The van der Waals surface area contributed by atoms with Gasteiger partial charge in [-0.05, 0) is 6.42 Å². The third-order valence-electron chi connectivity index (χ3n) is 2.49. The molecule has 0 saturated heterocycles. The summed E-state index contributed by atoms with van der Waals surface area (Å²) in [5, 5.41) is 0. The minimum absolute atomic E-state index is 0. The van der Waals surface area contributed by atoms with Gasteiger partial charge in [0.15, 0.2) is 12.4 Å². The van der Waals surface area contributed by atoms with Crippen LogP contribution in [0.15, 0.2) is 30.6 Å². The quantitative estimate of drug-likeness (QED) is 0.431. The van der Waals surface area contributed by atoms with E-state index in [4.69, 9.17) is 0 Å². The second kappa shape index (κ2) is 5.16. The van der Waals surface area contributed by atoms with Crippen molar-refractivity contribution in [3.63, 3.8) is 0 Å². The standard InChI is InChI=1S/C11H12NO2.BrH/c13-9-5-4-6-10(14)11(9)12-7-2-1-3-8-12;/h1-3,7-8,11H,4-6H2;1H/q+1;/p-1. The van der Waals surface area contributed by atoms with Crippen LogP contribution in [0.3, 0.4) is 0 Å². The normalized spacial score (nSPS) is 17.3. The Balaban J connectivity index is 0.00000112. The van der Waals surface area contributed by atoms with Crippen molar-refractivity contribution in [3.8, 4) is 0 Å². The number of pyridine rings is 1. The molecule has 0 bridgehead atoms. The molecule has 80 valence electrons. The molecule has 0 amide bonds. The van der Waals surface area contributed by atoms with E-state index in [1.54, 1.807) is 17.0 Å². The van der Waals surface area contributed by atoms with Crippen LogP contribution in [-0.2, 0) is 9.59 Å². The fraction of sp³-hybridized carbons (Fsp3) is 0.364. The molecule has 4 heteroatoms. The Morgan fingerprint density at radius 2 is 1.53 bits per heavy atom. The highest BCUT2D eigenvalue weighted by molar-refractivity contribution is 6.04. The summed E-state index contributed by atoms with van der Waals surface area (Å²) in [4.78, 5) is 23.1. The van der Waals surface area contributed by atoms with Crippen molar-refractivity contribution in [1.82, 2.24) is 0 Å². The average Bonchev–Trinajstić information content (AvgIpc) is 2.19. The van der Waals surface area contributed by atoms with Crippen LogP contribution < -0.4 is 21.5 Å². The van der Waals surface area contributed by atoms with Crippen molar-refractivity contribution in [2.75, 3.05) is 0 Å². The highest BCUT2D eigenvalue weighted by atomic mass is 79.9. The number of aromatic nitrogens is 1. The molecule has 1 fully saturated rings. The Kier molecular flexibility index (Phi) is 4.15. The summed E-state index contributed by atoms with van der Waals surface area (Å²) >= 11 is 0. The number of rotatable bonds is 1. The van der Waals surface area contributed by atoms with E-state index in [1.807, 2.05) is 18.2 Å². The van der Waals surface area contributed by atoms with Crippen LogP contribution in [0.2, 0.25) is 0 Å². The molecule has 2 rings (SSSR count). The molecule has 15 heavy (non-hydrogen) atoms. The summed E-state index contributed by atoms with van der Waals surface area (Å²) in [6.45, 7) is 0. The lowest BCUT2D eigenvalue weighted by atomic mass is 9.92. The lowest BCUT2D eigenvalue weighted by Gasteiger charge is -2.14. The molecule has 0 aromatic carbocycles. The predicted octanol–water partition coefficient (Wildman–Crippen LogP) is -2.16. The number of carbonyl (C=O) groups excluding carboxylic acids is 2. The van der Waals surface area contributed by atoms with Crippen molar-refractivity contribution < 1.29 is 31.1 Å². The van der Waals surface area contributed by atoms with Gasteiger partial charge in [0.1, 0.15) is 0 Å². The molecule has 1 aromatic heterocycles. The van der Waals surface area contributed by atoms with Crippen molar-refractivity contribution in [2.24, 2.45) is 0 Å². The lowest BCUT2D eigenvalue weighted by Crippen LogP contribution is -3.00. The maximum absolute atomic E-state index is 11.6. The predicted molar refractivity (Wildman–Crippen MR) is 49.5 cm³/mol. The maximum Gasteiger partial charge on any atom is 0.273 e. The second-order valence-electron chi connectivity index (χ2n) is 3.51. The van der Waals surface area contributed by atoms with Crippen LogP contribution in [-0.4, -0.2) is 11.6 Å². The highest BCUT2D eigenvalue weighted by Gasteiger charge is 2.37. The van der Waals surface area contributed by atoms with Gasteiger partial charge in [0.25, 0.3) is 6.04 Å². The number of ketones is 2. The fourth-order valence-corrected chi connectivity index (χ4v) is 1.81. The minimum Gasteiger partial charge on any atom is -1.00 e. The van der Waals surface area contributed by atoms with E-state index < -0.39 is 6.04 Å². The molecule has 0 unspecified atom stereocenters. The largest absolute Gasteiger partial charge is 1.00 e. The Hall–Kier alpha value is -1.03. The number of carbonyl (C=O) groups is 2. The zero-order chi connectivity index (χ0) is 9.97. The van der Waals surface area contributed by atoms with E-state index in [-0.39, 0.29) is 28.5 Å². The van der Waals surface area contributed by atoms with Gasteiger partial charge in [0.05, 0.1) is 0 Å². The molecular formula is C11H12BrNO2. The van der Waals surface area contributed by atoms with Crippen molar-refractivity contribution in [3.05, 3.63) is 30.6 Å². The summed E-state index contributed by atoms with van der Waals surface area (Å²) in [7, 11) is 0. The molecule has 0 radical (unpaired) electrons. The van der Waals surface area contributed by atoms with Gasteiger partial charge in [-0.1, -0.05) is 6.07 Å². The van der Waals surface area contributed by atoms with Crippen LogP contribution in [0.4, 0.5) is 0 Å². The Labute approximate surface area is 98.9 Å². The third-order valence-corrected chi connectivity index (χ3v) is 2.49. The van der Waals surface area contributed by atoms with Gasteiger partial charge >= 0.3 is 0 Å². The molecule has 0 spiro atoms. The van der Waals surface area contributed by atoms with Gasteiger partial charge in [-0.3, -0.25) is 9.59 Å². The van der Waals surface area contributed by atoms with Crippen LogP contribution in [0, 0.1) is 0 Å². The summed E-state index contributed by atoms with van der Waals surface area (Å²) in [5.41, 5.74) is 0. The molecule has 3 nitrogen and oxygen atoms in total. The van der Waals surface area contributed by atoms with Crippen molar-refractivity contribution in [2.45, 2.75) is 25.3 Å². The third kappa shape index (κ3) is 2.50. The molecule has 0 N–H and O–H groups in total. The van der Waals surface area contributed by atoms with E-state index in [1.165, 1.54) is 0 Å². The first-order chi connectivity index (χ1) is 6.79.